The summed E-state index contributed by atoms with van der Waals surface area (Å²) < 4.78 is 0. The predicted octanol–water partition coefficient (Wildman–Crippen LogP) is 7.06. The largest absolute Gasteiger partial charge is 2.00 e. The van der Waals surface area contributed by atoms with Crippen LogP contribution in [0.5, 0.6) is 0 Å². The first-order valence-electron chi connectivity index (χ1n) is 10.1. The first-order valence-corrected chi connectivity index (χ1v) is 10.1. The molecule has 0 aliphatic heterocycles. The maximum Gasteiger partial charge on any atom is 2.00 e. The van der Waals surface area contributed by atoms with Crippen LogP contribution in [-0.2, 0) is 5.41 Å². The molecule has 0 aliphatic rings. The van der Waals surface area contributed by atoms with Crippen LogP contribution in [0.1, 0.15) is 44.4 Å². The Morgan fingerprint density at radius 3 is 1.17 bits per heavy atom. The van der Waals surface area contributed by atoms with Gasteiger partial charge in [-0.1, -0.05) is 128 Å². The summed E-state index contributed by atoms with van der Waals surface area (Å²) >= 11 is 0. The van der Waals surface area contributed by atoms with E-state index < -0.39 is 0 Å². The van der Waals surface area contributed by atoms with Gasteiger partial charge in [0.25, 0.3) is 0 Å². The molecule has 0 saturated heterocycles. The van der Waals surface area contributed by atoms with Crippen molar-refractivity contribution in [1.82, 2.24) is 0 Å². The standard InChI is InChI=1S/C28H26.Ba.2H/c1-2-27(23-15-7-3-8-16-23)28(24-17-9-4-10-18-24,25-19-11-5-12-20-25)26-21-13-6-14-22-26;;;/h3-22,27H,2H2,1H3;;;/q;+2;2*-1. The fourth-order valence-electron chi connectivity index (χ4n) is 4.68. The predicted molar refractivity (Wildman–Crippen MR) is 127 cm³/mol. The van der Waals surface area contributed by atoms with Crippen LogP contribution in [0.2, 0.25) is 0 Å². The van der Waals surface area contributed by atoms with Crippen molar-refractivity contribution in [2.24, 2.45) is 0 Å². The molecular weight excluding hydrogens is 474 g/mol. The molecule has 4 aromatic rings. The molecule has 0 bridgehead atoms. The summed E-state index contributed by atoms with van der Waals surface area (Å²) in [6.07, 6.45) is 1.04. The summed E-state index contributed by atoms with van der Waals surface area (Å²) in [4.78, 5) is 0. The molecule has 0 aliphatic carbocycles. The summed E-state index contributed by atoms with van der Waals surface area (Å²) in [5, 5.41) is 0. The van der Waals surface area contributed by atoms with Crippen LogP contribution in [0.25, 0.3) is 0 Å². The SMILES string of the molecule is CCC(c1ccccc1)C(c1ccccc1)(c1ccccc1)c1ccccc1.[Ba+2].[H-].[H-]. The van der Waals surface area contributed by atoms with Crippen molar-refractivity contribution in [3.63, 3.8) is 0 Å². The minimum absolute atomic E-state index is 0. The van der Waals surface area contributed by atoms with Gasteiger partial charge in [-0.2, -0.15) is 0 Å². The molecule has 4 rings (SSSR count). The van der Waals surface area contributed by atoms with Gasteiger partial charge >= 0.3 is 48.9 Å². The zero-order valence-corrected chi connectivity index (χ0v) is 21.5. The third kappa shape index (κ3) is 4.33. The van der Waals surface area contributed by atoms with E-state index in [1.165, 1.54) is 22.3 Å². The second kappa shape index (κ2) is 10.5. The van der Waals surface area contributed by atoms with Crippen molar-refractivity contribution in [1.29, 1.82) is 0 Å². The van der Waals surface area contributed by atoms with E-state index in [2.05, 4.69) is 128 Å². The van der Waals surface area contributed by atoms with Crippen LogP contribution < -0.4 is 0 Å². The average molecular weight is 502 g/mol. The molecule has 0 heterocycles. The van der Waals surface area contributed by atoms with E-state index in [0.29, 0.717) is 5.92 Å². The smallest absolute Gasteiger partial charge is 1.00 e. The van der Waals surface area contributed by atoms with Crippen LogP contribution in [0, 0.1) is 0 Å². The van der Waals surface area contributed by atoms with E-state index in [9.17, 15) is 0 Å². The van der Waals surface area contributed by atoms with Crippen molar-refractivity contribution in [2.45, 2.75) is 24.7 Å². The minimum atomic E-state index is -0.250. The number of hydrogen-bond acceptors (Lipinski definition) is 0. The molecular formula is C28H28Ba. The molecule has 0 saturated carbocycles. The van der Waals surface area contributed by atoms with Gasteiger partial charge in [-0.25, -0.2) is 0 Å². The van der Waals surface area contributed by atoms with E-state index in [0.717, 1.165) is 6.42 Å². The van der Waals surface area contributed by atoms with Gasteiger partial charge < -0.3 is 2.85 Å². The van der Waals surface area contributed by atoms with Gasteiger partial charge in [0.15, 0.2) is 0 Å². The van der Waals surface area contributed by atoms with Crippen molar-refractivity contribution in [3.8, 4) is 0 Å². The summed E-state index contributed by atoms with van der Waals surface area (Å²) in [6, 6.07) is 43.9. The summed E-state index contributed by atoms with van der Waals surface area (Å²) in [6.45, 7) is 2.31. The molecule has 1 atom stereocenters. The quantitative estimate of drug-likeness (QED) is 0.196. The van der Waals surface area contributed by atoms with Crippen LogP contribution in [0.4, 0.5) is 0 Å². The zero-order valence-electron chi connectivity index (χ0n) is 19.0. The Bertz CT molecular complexity index is 893. The van der Waals surface area contributed by atoms with Gasteiger partial charge in [0, 0.05) is 5.92 Å². The summed E-state index contributed by atoms with van der Waals surface area (Å²) in [7, 11) is 0. The van der Waals surface area contributed by atoms with Gasteiger partial charge in [-0.3, -0.25) is 0 Å². The van der Waals surface area contributed by atoms with E-state index in [-0.39, 0.29) is 57.1 Å². The molecule has 0 amide bonds. The van der Waals surface area contributed by atoms with E-state index in [4.69, 9.17) is 0 Å². The minimum Gasteiger partial charge on any atom is -1.00 e. The van der Waals surface area contributed by atoms with E-state index in [1.807, 2.05) is 0 Å². The molecule has 0 fully saturated rings. The van der Waals surface area contributed by atoms with Crippen molar-refractivity contribution in [3.05, 3.63) is 144 Å². The average Bonchev–Trinajstić information content (AvgIpc) is 2.80. The Hall–Kier alpha value is -1.55. The van der Waals surface area contributed by atoms with Gasteiger partial charge in [-0.05, 0) is 28.7 Å². The second-order valence-corrected chi connectivity index (χ2v) is 7.28. The Labute approximate surface area is 218 Å². The van der Waals surface area contributed by atoms with E-state index >= 15 is 0 Å². The topological polar surface area (TPSA) is 0 Å². The molecule has 4 aromatic carbocycles. The van der Waals surface area contributed by atoms with Crippen molar-refractivity contribution < 1.29 is 2.85 Å². The first-order chi connectivity index (χ1) is 13.9. The van der Waals surface area contributed by atoms with Crippen molar-refractivity contribution >= 4 is 48.9 Å². The van der Waals surface area contributed by atoms with E-state index in [1.54, 1.807) is 0 Å². The normalized spacial score (nSPS) is 12.0. The molecule has 0 spiro atoms. The van der Waals surface area contributed by atoms with Gasteiger partial charge in [0.2, 0.25) is 0 Å². The second-order valence-electron chi connectivity index (χ2n) is 7.28. The molecule has 1 unspecified atom stereocenters. The van der Waals surface area contributed by atoms with Gasteiger partial charge in [0.05, 0.1) is 5.41 Å². The third-order valence-electron chi connectivity index (χ3n) is 5.82. The number of hydrogen-bond donors (Lipinski definition) is 0. The Morgan fingerprint density at radius 1 is 0.552 bits per heavy atom. The maximum atomic E-state index is 2.31. The van der Waals surface area contributed by atoms with Crippen molar-refractivity contribution in [2.75, 3.05) is 0 Å². The fourth-order valence-corrected chi connectivity index (χ4v) is 4.68. The van der Waals surface area contributed by atoms with Crippen LogP contribution >= 0.6 is 0 Å². The first kappa shape index (κ1) is 22.1. The zero-order chi connectivity index (χ0) is 19.2. The van der Waals surface area contributed by atoms with Gasteiger partial charge in [-0.15, -0.1) is 0 Å². The molecule has 0 N–H and O–H groups in total. The molecule has 0 nitrogen and oxygen atoms in total. The van der Waals surface area contributed by atoms with Gasteiger partial charge in [0.1, 0.15) is 0 Å². The van der Waals surface area contributed by atoms with Crippen LogP contribution in [-0.4, -0.2) is 48.9 Å². The molecule has 142 valence electrons. The third-order valence-corrected chi connectivity index (χ3v) is 5.82. The number of rotatable bonds is 6. The van der Waals surface area contributed by atoms with Crippen LogP contribution in [0.3, 0.4) is 0 Å². The Kier molecular flexibility index (Phi) is 8.00. The Balaban J connectivity index is 0.00000160. The number of benzene rings is 4. The fraction of sp³-hybridized carbons (Fsp3) is 0.143. The summed E-state index contributed by atoms with van der Waals surface area (Å²) in [5.74, 6) is 0.320. The molecule has 0 aromatic heterocycles. The maximum absolute atomic E-state index is 2.31. The molecule has 1 heteroatoms. The Morgan fingerprint density at radius 2 is 0.862 bits per heavy atom. The molecule has 0 radical (unpaired) electrons. The monoisotopic (exact) mass is 502 g/mol. The molecule has 29 heavy (non-hydrogen) atoms. The van der Waals surface area contributed by atoms with Crippen LogP contribution in [0.15, 0.2) is 121 Å². The summed E-state index contributed by atoms with van der Waals surface area (Å²) in [5.41, 5.74) is 5.13.